The Morgan fingerprint density at radius 2 is 1.80 bits per heavy atom. The summed E-state index contributed by atoms with van der Waals surface area (Å²) < 4.78 is 21.6. The molecule has 2 heterocycles. The number of nitrogens with zero attached hydrogens (tertiary/aromatic N) is 1. The quantitative estimate of drug-likeness (QED) is 0.362. The van der Waals surface area contributed by atoms with Gasteiger partial charge in [-0.15, -0.1) is 0 Å². The van der Waals surface area contributed by atoms with Gasteiger partial charge in [0.1, 0.15) is 28.6 Å². The Bertz CT molecular complexity index is 1130. The Kier molecular flexibility index (Phi) is 5.17. The zero-order valence-electron chi connectivity index (χ0n) is 16.2. The highest BCUT2D eigenvalue weighted by atomic mass is 16.5. The molecule has 1 aliphatic heterocycles. The fourth-order valence-electron chi connectivity index (χ4n) is 3.05. The third kappa shape index (κ3) is 3.60. The highest BCUT2D eigenvalue weighted by molar-refractivity contribution is 6.14. The first-order chi connectivity index (χ1) is 14.6. The van der Waals surface area contributed by atoms with Crippen LogP contribution < -0.4 is 18.9 Å². The van der Waals surface area contributed by atoms with Crippen molar-refractivity contribution >= 4 is 17.8 Å². The molecule has 30 heavy (non-hydrogen) atoms. The third-order valence-corrected chi connectivity index (χ3v) is 4.47. The van der Waals surface area contributed by atoms with Crippen LogP contribution in [0.15, 0.2) is 66.7 Å². The number of ether oxygens (including phenoxy) is 4. The van der Waals surface area contributed by atoms with Gasteiger partial charge >= 0.3 is 5.97 Å². The van der Waals surface area contributed by atoms with E-state index in [1.54, 1.807) is 48.8 Å². The molecule has 0 aliphatic carbocycles. The summed E-state index contributed by atoms with van der Waals surface area (Å²) in [6, 6.07) is 13.2. The molecule has 0 N–H and O–H groups in total. The molecule has 0 spiro atoms. The van der Waals surface area contributed by atoms with Crippen LogP contribution in [0.1, 0.15) is 26.3 Å². The lowest BCUT2D eigenvalue weighted by Crippen LogP contribution is -2.12. The average Bonchev–Trinajstić information content (AvgIpc) is 3.08. The number of rotatable bonds is 5. The molecular formula is C23H17NO6. The lowest BCUT2D eigenvalue weighted by molar-refractivity contribution is 0.0727. The number of hydrogen-bond donors (Lipinski definition) is 0. The summed E-state index contributed by atoms with van der Waals surface area (Å²) in [7, 11) is 2.91. The Hall–Kier alpha value is -4.13. The van der Waals surface area contributed by atoms with Gasteiger partial charge in [-0.25, -0.2) is 4.79 Å². The summed E-state index contributed by atoms with van der Waals surface area (Å²) in [5, 5.41) is 0. The maximum Gasteiger partial charge on any atom is 0.351 e. The molecule has 0 atom stereocenters. The Balaban J connectivity index is 1.59. The molecule has 3 aromatic rings. The van der Waals surface area contributed by atoms with Crippen molar-refractivity contribution in [1.82, 2.24) is 4.98 Å². The zero-order valence-corrected chi connectivity index (χ0v) is 16.2. The molecule has 0 unspecified atom stereocenters. The van der Waals surface area contributed by atoms with Crippen LogP contribution in [-0.4, -0.2) is 31.0 Å². The van der Waals surface area contributed by atoms with Crippen molar-refractivity contribution < 1.29 is 28.5 Å². The number of pyridine rings is 1. The van der Waals surface area contributed by atoms with Gasteiger partial charge in [0.25, 0.3) is 0 Å². The van der Waals surface area contributed by atoms with Gasteiger partial charge in [-0.3, -0.25) is 9.78 Å². The monoisotopic (exact) mass is 403 g/mol. The number of methoxy groups -OCH3 is 2. The molecule has 1 aliphatic rings. The van der Waals surface area contributed by atoms with Gasteiger partial charge in [-0.2, -0.15) is 0 Å². The van der Waals surface area contributed by atoms with E-state index in [4.69, 9.17) is 18.9 Å². The summed E-state index contributed by atoms with van der Waals surface area (Å²) >= 11 is 0. The summed E-state index contributed by atoms with van der Waals surface area (Å²) in [5.41, 5.74) is 1.29. The van der Waals surface area contributed by atoms with E-state index in [1.807, 2.05) is 6.07 Å². The molecule has 0 saturated heterocycles. The van der Waals surface area contributed by atoms with Crippen molar-refractivity contribution in [3.8, 4) is 23.0 Å². The number of esters is 1. The predicted octanol–water partition coefficient (Wildman–Crippen LogP) is 3.93. The van der Waals surface area contributed by atoms with Gasteiger partial charge in [0.05, 0.1) is 19.8 Å². The average molecular weight is 403 g/mol. The first kappa shape index (κ1) is 19.2. The van der Waals surface area contributed by atoms with Crippen molar-refractivity contribution in [3.05, 3.63) is 83.4 Å². The van der Waals surface area contributed by atoms with Gasteiger partial charge in [-0.1, -0.05) is 12.1 Å². The molecule has 7 heteroatoms. The number of benzene rings is 2. The number of ketones is 1. The summed E-state index contributed by atoms with van der Waals surface area (Å²) in [5.74, 6) is 0.461. The van der Waals surface area contributed by atoms with E-state index in [2.05, 4.69) is 4.98 Å². The topological polar surface area (TPSA) is 84.0 Å². The van der Waals surface area contributed by atoms with Gasteiger partial charge in [-0.05, 0) is 42.0 Å². The first-order valence-corrected chi connectivity index (χ1v) is 9.02. The maximum absolute atomic E-state index is 12.7. The second kappa shape index (κ2) is 8.08. The molecule has 150 valence electrons. The van der Waals surface area contributed by atoms with Crippen molar-refractivity contribution in [3.63, 3.8) is 0 Å². The van der Waals surface area contributed by atoms with Crippen LogP contribution >= 0.6 is 0 Å². The highest BCUT2D eigenvalue weighted by Crippen LogP contribution is 2.36. The molecule has 0 bridgehead atoms. The Morgan fingerprint density at radius 3 is 2.47 bits per heavy atom. The van der Waals surface area contributed by atoms with E-state index in [-0.39, 0.29) is 22.9 Å². The number of allylic oxidation sites excluding steroid dienone is 1. The van der Waals surface area contributed by atoms with E-state index in [1.165, 1.54) is 26.4 Å². The van der Waals surface area contributed by atoms with Crippen LogP contribution in [0.2, 0.25) is 0 Å². The fraction of sp³-hybridized carbons (Fsp3) is 0.0870. The molecular weight excluding hydrogens is 386 g/mol. The minimum Gasteiger partial charge on any atom is -0.496 e. The molecule has 0 amide bonds. The van der Waals surface area contributed by atoms with Crippen LogP contribution in [0.3, 0.4) is 0 Å². The van der Waals surface area contributed by atoms with Crippen LogP contribution in [0.25, 0.3) is 6.08 Å². The number of carbonyl (C=O) groups is 2. The van der Waals surface area contributed by atoms with E-state index in [9.17, 15) is 9.59 Å². The van der Waals surface area contributed by atoms with Crippen LogP contribution in [0.4, 0.5) is 0 Å². The van der Waals surface area contributed by atoms with Gasteiger partial charge < -0.3 is 18.9 Å². The SMILES string of the molecule is COc1cccc(OC)c1C(=O)Oc1ccc2c(c1)OC(=Cc1cccnc1)C2=O. The molecule has 0 saturated carbocycles. The first-order valence-electron chi connectivity index (χ1n) is 9.02. The highest BCUT2D eigenvalue weighted by Gasteiger charge is 2.28. The fourth-order valence-corrected chi connectivity index (χ4v) is 3.05. The smallest absolute Gasteiger partial charge is 0.351 e. The molecule has 0 radical (unpaired) electrons. The largest absolute Gasteiger partial charge is 0.496 e. The van der Waals surface area contributed by atoms with Crippen molar-refractivity contribution in [2.24, 2.45) is 0 Å². The van der Waals surface area contributed by atoms with Gasteiger partial charge in [0.2, 0.25) is 5.78 Å². The number of aromatic nitrogens is 1. The minimum absolute atomic E-state index is 0.164. The van der Waals surface area contributed by atoms with Gasteiger partial charge in [0, 0.05) is 18.5 Å². The zero-order chi connectivity index (χ0) is 21.1. The molecule has 4 rings (SSSR count). The van der Waals surface area contributed by atoms with Crippen LogP contribution in [0, 0.1) is 0 Å². The molecule has 1 aromatic heterocycles. The number of carbonyl (C=O) groups excluding carboxylic acids is 2. The second-order valence-electron chi connectivity index (χ2n) is 6.31. The maximum atomic E-state index is 12.7. The number of hydrogen-bond acceptors (Lipinski definition) is 7. The summed E-state index contributed by atoms with van der Waals surface area (Å²) in [6.45, 7) is 0. The third-order valence-electron chi connectivity index (χ3n) is 4.47. The van der Waals surface area contributed by atoms with Crippen molar-refractivity contribution in [2.45, 2.75) is 0 Å². The number of fused-ring (bicyclic) bond motifs is 1. The predicted molar refractivity (Wildman–Crippen MR) is 108 cm³/mol. The molecule has 2 aromatic carbocycles. The normalized spacial score (nSPS) is 13.5. The summed E-state index contributed by atoms with van der Waals surface area (Å²) in [4.78, 5) is 29.3. The van der Waals surface area contributed by atoms with E-state index >= 15 is 0 Å². The minimum atomic E-state index is -0.653. The van der Waals surface area contributed by atoms with E-state index in [0.29, 0.717) is 22.8 Å². The van der Waals surface area contributed by atoms with Crippen LogP contribution in [-0.2, 0) is 0 Å². The number of Topliss-reactive ketones (excluding diaryl/α,β-unsaturated/α-hetero) is 1. The van der Waals surface area contributed by atoms with Crippen molar-refractivity contribution in [1.29, 1.82) is 0 Å². The summed E-state index contributed by atoms with van der Waals surface area (Å²) in [6.07, 6.45) is 4.88. The Morgan fingerprint density at radius 1 is 1.03 bits per heavy atom. The van der Waals surface area contributed by atoms with E-state index < -0.39 is 5.97 Å². The molecule has 0 fully saturated rings. The second-order valence-corrected chi connectivity index (χ2v) is 6.31. The molecule has 7 nitrogen and oxygen atoms in total. The lowest BCUT2D eigenvalue weighted by atomic mass is 10.1. The van der Waals surface area contributed by atoms with Crippen molar-refractivity contribution in [2.75, 3.05) is 14.2 Å². The lowest BCUT2D eigenvalue weighted by Gasteiger charge is -2.12. The van der Waals surface area contributed by atoms with E-state index in [0.717, 1.165) is 5.56 Å². The standard InChI is InChI=1S/C23H17NO6/c1-27-17-6-3-7-18(28-2)21(17)23(26)29-15-8-9-16-19(12-15)30-20(22(16)25)11-14-5-4-10-24-13-14/h3-13H,1-2H3. The Labute approximate surface area is 172 Å². The van der Waals surface area contributed by atoms with Crippen LogP contribution in [0.5, 0.6) is 23.0 Å². The van der Waals surface area contributed by atoms with Gasteiger partial charge in [0.15, 0.2) is 5.76 Å².